The highest BCUT2D eigenvalue weighted by molar-refractivity contribution is 7.99. The number of esters is 1. The smallest absolute Gasteiger partial charge is 0.316 e. The second kappa shape index (κ2) is 8.68. The lowest BCUT2D eigenvalue weighted by molar-refractivity contribution is -0.141. The minimum absolute atomic E-state index is 0.0188. The predicted molar refractivity (Wildman–Crippen MR) is 97.0 cm³/mol. The summed E-state index contributed by atoms with van der Waals surface area (Å²) in [6.07, 6.45) is 3.25. The maximum absolute atomic E-state index is 13.6. The Morgan fingerprint density at radius 3 is 2.81 bits per heavy atom. The van der Waals surface area contributed by atoms with Crippen LogP contribution in [0.5, 0.6) is 5.75 Å². The quantitative estimate of drug-likeness (QED) is 0.451. The number of carbonyl (C=O) groups excluding carboxylic acids is 1. The standard InChI is InChI=1S/C19H16F2N2O3S/c1-25-17-6-5-13(9-16(17)21)11-26-18(24)12-27-19-22-7-8-23(19)15-4-2-3-14(20)10-15/h2-10H,11-12H2,1H3. The maximum Gasteiger partial charge on any atom is 0.316 e. The summed E-state index contributed by atoms with van der Waals surface area (Å²) in [6.45, 7) is -0.0430. The van der Waals surface area contributed by atoms with E-state index in [9.17, 15) is 13.6 Å². The summed E-state index contributed by atoms with van der Waals surface area (Å²) in [7, 11) is 1.38. The number of halogens is 2. The zero-order valence-corrected chi connectivity index (χ0v) is 15.2. The van der Waals surface area contributed by atoms with E-state index in [0.717, 1.165) is 0 Å². The number of rotatable bonds is 7. The average molecular weight is 390 g/mol. The van der Waals surface area contributed by atoms with E-state index in [1.54, 1.807) is 35.2 Å². The average Bonchev–Trinajstić information content (AvgIpc) is 3.13. The van der Waals surface area contributed by atoms with Crippen molar-refractivity contribution in [3.8, 4) is 11.4 Å². The second-order valence-electron chi connectivity index (χ2n) is 5.48. The summed E-state index contributed by atoms with van der Waals surface area (Å²) in [5.74, 6) is -1.19. The first-order valence-corrected chi connectivity index (χ1v) is 8.95. The molecule has 0 saturated heterocycles. The molecule has 0 amide bonds. The largest absolute Gasteiger partial charge is 0.494 e. The van der Waals surface area contributed by atoms with E-state index in [2.05, 4.69) is 4.98 Å². The van der Waals surface area contributed by atoms with Gasteiger partial charge in [0.25, 0.3) is 0 Å². The zero-order valence-electron chi connectivity index (χ0n) is 14.4. The van der Waals surface area contributed by atoms with Gasteiger partial charge in [0, 0.05) is 12.4 Å². The van der Waals surface area contributed by atoms with Gasteiger partial charge in [0.05, 0.1) is 18.6 Å². The fraction of sp³-hybridized carbons (Fsp3) is 0.158. The van der Waals surface area contributed by atoms with Gasteiger partial charge in [0.15, 0.2) is 16.7 Å². The fourth-order valence-electron chi connectivity index (χ4n) is 2.35. The number of methoxy groups -OCH3 is 1. The van der Waals surface area contributed by atoms with Crippen LogP contribution in [-0.2, 0) is 16.1 Å². The van der Waals surface area contributed by atoms with E-state index in [4.69, 9.17) is 9.47 Å². The Morgan fingerprint density at radius 2 is 2.07 bits per heavy atom. The lowest BCUT2D eigenvalue weighted by Crippen LogP contribution is -2.08. The van der Waals surface area contributed by atoms with Crippen LogP contribution in [0.3, 0.4) is 0 Å². The number of carbonyl (C=O) groups is 1. The molecule has 0 fully saturated rings. The van der Waals surface area contributed by atoms with Crippen molar-refractivity contribution in [2.45, 2.75) is 11.8 Å². The van der Waals surface area contributed by atoms with Crippen LogP contribution < -0.4 is 4.74 Å². The van der Waals surface area contributed by atoms with E-state index in [1.807, 2.05) is 0 Å². The molecule has 3 rings (SSSR count). The number of hydrogen-bond donors (Lipinski definition) is 0. The summed E-state index contributed by atoms with van der Waals surface area (Å²) < 4.78 is 38.7. The highest BCUT2D eigenvalue weighted by Crippen LogP contribution is 2.22. The van der Waals surface area contributed by atoms with Gasteiger partial charge in [-0.15, -0.1) is 0 Å². The first-order valence-electron chi connectivity index (χ1n) is 7.97. The third kappa shape index (κ3) is 4.85. The predicted octanol–water partition coefficient (Wildman–Crippen LogP) is 3.99. The van der Waals surface area contributed by atoms with Crippen LogP contribution in [-0.4, -0.2) is 28.4 Å². The van der Waals surface area contributed by atoms with Crippen LogP contribution in [0.4, 0.5) is 8.78 Å². The summed E-state index contributed by atoms with van der Waals surface area (Å²) in [4.78, 5) is 16.1. The number of aromatic nitrogens is 2. The van der Waals surface area contributed by atoms with Crippen molar-refractivity contribution in [3.63, 3.8) is 0 Å². The monoisotopic (exact) mass is 390 g/mol. The second-order valence-corrected chi connectivity index (χ2v) is 6.42. The van der Waals surface area contributed by atoms with Gasteiger partial charge in [0.2, 0.25) is 0 Å². The van der Waals surface area contributed by atoms with Crippen molar-refractivity contribution in [1.82, 2.24) is 9.55 Å². The molecule has 5 nitrogen and oxygen atoms in total. The van der Waals surface area contributed by atoms with Gasteiger partial charge in [-0.1, -0.05) is 23.9 Å². The Labute approximate surface area is 158 Å². The molecular formula is C19H16F2N2O3S. The summed E-state index contributed by atoms with van der Waals surface area (Å²) in [5, 5.41) is 0.535. The molecule has 2 aromatic carbocycles. The Morgan fingerprint density at radius 1 is 1.22 bits per heavy atom. The van der Waals surface area contributed by atoms with Crippen LogP contribution in [0.25, 0.3) is 5.69 Å². The van der Waals surface area contributed by atoms with Crippen molar-refractivity contribution < 1.29 is 23.0 Å². The van der Waals surface area contributed by atoms with Crippen LogP contribution in [0.2, 0.25) is 0 Å². The van der Waals surface area contributed by atoms with Crippen LogP contribution in [0.1, 0.15) is 5.56 Å². The first kappa shape index (κ1) is 18.9. The molecule has 140 valence electrons. The van der Waals surface area contributed by atoms with E-state index < -0.39 is 11.8 Å². The Bertz CT molecular complexity index is 946. The van der Waals surface area contributed by atoms with Crippen LogP contribution in [0.15, 0.2) is 60.0 Å². The summed E-state index contributed by atoms with van der Waals surface area (Å²) in [5.41, 5.74) is 1.13. The van der Waals surface area contributed by atoms with Gasteiger partial charge in [0.1, 0.15) is 12.4 Å². The molecular weight excluding hydrogens is 374 g/mol. The number of ether oxygens (including phenoxy) is 2. The van der Waals surface area contributed by atoms with Crippen molar-refractivity contribution in [2.75, 3.05) is 12.9 Å². The van der Waals surface area contributed by atoms with Gasteiger partial charge >= 0.3 is 5.97 Å². The minimum atomic E-state index is -0.516. The number of imidazole rings is 1. The molecule has 0 atom stereocenters. The Hall–Kier alpha value is -2.87. The normalized spacial score (nSPS) is 10.6. The SMILES string of the molecule is COc1ccc(COC(=O)CSc2nccn2-c2cccc(F)c2)cc1F. The lowest BCUT2D eigenvalue weighted by atomic mass is 10.2. The number of hydrogen-bond acceptors (Lipinski definition) is 5. The van der Waals surface area contributed by atoms with Crippen molar-refractivity contribution in [3.05, 3.63) is 72.1 Å². The molecule has 3 aromatic rings. The molecule has 0 radical (unpaired) electrons. The Balaban J connectivity index is 1.56. The highest BCUT2D eigenvalue weighted by atomic mass is 32.2. The van der Waals surface area contributed by atoms with Crippen molar-refractivity contribution in [1.29, 1.82) is 0 Å². The highest BCUT2D eigenvalue weighted by Gasteiger charge is 2.11. The van der Waals surface area contributed by atoms with E-state index in [-0.39, 0.29) is 23.9 Å². The molecule has 0 N–H and O–H groups in total. The lowest BCUT2D eigenvalue weighted by Gasteiger charge is -2.08. The molecule has 0 unspecified atom stereocenters. The van der Waals surface area contributed by atoms with E-state index in [0.29, 0.717) is 16.4 Å². The number of benzene rings is 2. The number of thioether (sulfide) groups is 1. The molecule has 0 bridgehead atoms. The minimum Gasteiger partial charge on any atom is -0.494 e. The molecule has 0 aliphatic rings. The molecule has 0 aliphatic carbocycles. The van der Waals surface area contributed by atoms with Crippen LogP contribution in [0, 0.1) is 11.6 Å². The maximum atomic E-state index is 13.6. The van der Waals surface area contributed by atoms with E-state index in [1.165, 1.54) is 43.1 Å². The van der Waals surface area contributed by atoms with Gasteiger partial charge in [-0.2, -0.15) is 0 Å². The van der Waals surface area contributed by atoms with Gasteiger partial charge in [-0.25, -0.2) is 13.8 Å². The van der Waals surface area contributed by atoms with Crippen LogP contribution >= 0.6 is 11.8 Å². The molecule has 27 heavy (non-hydrogen) atoms. The van der Waals surface area contributed by atoms with Gasteiger partial charge < -0.3 is 9.47 Å². The third-order valence-corrected chi connectivity index (χ3v) is 4.57. The van der Waals surface area contributed by atoms with Gasteiger partial charge in [-0.05, 0) is 35.9 Å². The van der Waals surface area contributed by atoms with E-state index >= 15 is 0 Å². The Kier molecular flexibility index (Phi) is 6.08. The third-order valence-electron chi connectivity index (χ3n) is 3.63. The summed E-state index contributed by atoms with van der Waals surface area (Å²) in [6, 6.07) is 10.4. The molecule has 0 aliphatic heterocycles. The van der Waals surface area contributed by atoms with Crippen molar-refractivity contribution in [2.24, 2.45) is 0 Å². The number of nitrogens with zero attached hydrogens (tertiary/aromatic N) is 2. The molecule has 1 aromatic heterocycles. The molecule has 0 saturated carbocycles. The molecule has 0 spiro atoms. The fourth-order valence-corrected chi connectivity index (χ4v) is 3.12. The topological polar surface area (TPSA) is 53.4 Å². The molecule has 8 heteroatoms. The summed E-state index contributed by atoms with van der Waals surface area (Å²) >= 11 is 1.17. The zero-order chi connectivity index (χ0) is 19.2. The first-order chi connectivity index (χ1) is 13.1. The molecule has 1 heterocycles. The van der Waals surface area contributed by atoms with Gasteiger partial charge in [-0.3, -0.25) is 9.36 Å². The van der Waals surface area contributed by atoms with Crippen molar-refractivity contribution >= 4 is 17.7 Å².